The number of methoxy groups -OCH3 is 2. The molecule has 2 saturated heterocycles. The third-order valence-electron chi connectivity index (χ3n) is 10.5. The minimum Gasteiger partial charge on any atom is -0.453 e. The van der Waals surface area contributed by atoms with E-state index in [4.69, 9.17) is 19.4 Å². The summed E-state index contributed by atoms with van der Waals surface area (Å²) in [4.78, 5) is 71.3. The summed E-state index contributed by atoms with van der Waals surface area (Å²) in [5.74, 6) is 1.02. The monoisotopic (exact) mass is 809 g/mol. The van der Waals surface area contributed by atoms with Gasteiger partial charge >= 0.3 is 12.2 Å². The number of likely N-dealkylation sites (tertiary alicyclic amines) is 1. The van der Waals surface area contributed by atoms with Crippen molar-refractivity contribution < 1.29 is 33.4 Å². The second kappa shape index (κ2) is 20.6. The van der Waals surface area contributed by atoms with Crippen LogP contribution in [0.5, 0.6) is 0 Å². The van der Waals surface area contributed by atoms with Crippen LogP contribution in [0.3, 0.4) is 0 Å². The maximum atomic E-state index is 13.6. The molecule has 2 aliphatic heterocycles. The molecule has 5 N–H and O–H groups in total. The van der Waals surface area contributed by atoms with E-state index in [1.807, 2.05) is 38.2 Å². The van der Waals surface area contributed by atoms with Crippen LogP contribution < -0.4 is 16.0 Å². The first-order valence-corrected chi connectivity index (χ1v) is 20.4. The van der Waals surface area contributed by atoms with Gasteiger partial charge in [0, 0.05) is 43.9 Å². The summed E-state index contributed by atoms with van der Waals surface area (Å²) >= 11 is 0. The number of aryl methyl sites for hydroxylation is 1. The molecule has 0 saturated carbocycles. The van der Waals surface area contributed by atoms with Crippen LogP contribution in [0.15, 0.2) is 54.7 Å². The van der Waals surface area contributed by atoms with Gasteiger partial charge in [-0.25, -0.2) is 24.5 Å². The van der Waals surface area contributed by atoms with Crippen LogP contribution in [0.4, 0.5) is 9.59 Å². The number of nitrogens with one attached hydrogen (secondary N) is 5. The average Bonchev–Trinajstić information content (AvgIpc) is 4.05. The molecule has 2 fully saturated rings. The van der Waals surface area contributed by atoms with Gasteiger partial charge in [-0.3, -0.25) is 9.59 Å². The van der Waals surface area contributed by atoms with E-state index in [9.17, 15) is 19.2 Å². The largest absolute Gasteiger partial charge is 0.453 e. The number of pyridine rings is 1. The number of benzene rings is 2. The van der Waals surface area contributed by atoms with Crippen LogP contribution in [0, 0.1) is 5.92 Å². The molecular formula is C43H55N9O7. The molecule has 0 aliphatic carbocycles. The number of carbonyl (C=O) groups is 4. The van der Waals surface area contributed by atoms with Crippen molar-refractivity contribution in [3.63, 3.8) is 0 Å². The number of aromatic nitrogens is 5. The maximum Gasteiger partial charge on any atom is 0.407 e. The van der Waals surface area contributed by atoms with Crippen LogP contribution >= 0.6 is 0 Å². The Labute approximate surface area is 343 Å². The SMILES string of the molecule is C1CCOCC1.COC(=O)NCC(=O)NCCCCc1ncc(-c2ccc3cc(-c4ccc5[nH]c(C6CCCN6C(=O)C(NC(=O)OC)C(C)C)nc5n4)ccc3c2)[nH]1. The lowest BCUT2D eigenvalue weighted by Crippen LogP contribution is -2.51. The Kier molecular flexibility index (Phi) is 14.9. The van der Waals surface area contributed by atoms with Crippen LogP contribution in [-0.4, -0.2) is 107 Å². The van der Waals surface area contributed by atoms with E-state index in [0.717, 1.165) is 89.9 Å². The standard InChI is InChI=1S/C38H45N9O6.C5H10O/c1-22(2)33(45-38(51)53-4)36(49)47-17-7-8-30(47)35-44-28-15-14-27(43-34(28)46-35)25-12-10-24-19-26(13-11-23(24)18-25)29-20-40-31(42-29)9-5-6-16-39-32(48)21-41-37(50)52-3;1-2-4-6-5-3-1/h10-15,18-20,22,30,33H,5-9,16-17,21H2,1-4H3,(H,39,48)(H,40,42)(H,41,50)(H,45,51)(H,43,44,46);1-5H2. The number of imidazole rings is 2. The summed E-state index contributed by atoms with van der Waals surface area (Å²) in [6.07, 6.45) is 8.45. The molecule has 5 heterocycles. The lowest BCUT2D eigenvalue weighted by atomic mass is 10.0. The number of unbranched alkanes of at least 4 members (excludes halogenated alkanes) is 1. The molecule has 0 bridgehead atoms. The third kappa shape index (κ3) is 11.3. The van der Waals surface area contributed by atoms with Crippen molar-refractivity contribution in [3.8, 4) is 22.5 Å². The van der Waals surface area contributed by atoms with Crippen molar-refractivity contribution in [2.45, 2.75) is 77.3 Å². The normalized spacial score (nSPS) is 15.7. The van der Waals surface area contributed by atoms with Gasteiger partial charge in [-0.1, -0.05) is 38.1 Å². The van der Waals surface area contributed by atoms with Crippen molar-refractivity contribution in [2.24, 2.45) is 5.92 Å². The average molecular weight is 810 g/mol. The molecule has 2 unspecified atom stereocenters. The second-order valence-electron chi connectivity index (χ2n) is 15.1. The minimum absolute atomic E-state index is 0.115. The van der Waals surface area contributed by atoms with E-state index < -0.39 is 18.2 Å². The number of H-pyrrole nitrogens is 2. The first kappa shape index (κ1) is 42.6. The highest BCUT2D eigenvalue weighted by atomic mass is 16.5. The number of ether oxygens (including phenoxy) is 3. The van der Waals surface area contributed by atoms with Crippen LogP contribution in [0.2, 0.25) is 0 Å². The van der Waals surface area contributed by atoms with Gasteiger partial charge in [-0.2, -0.15) is 0 Å². The topological polar surface area (TPSA) is 206 Å². The van der Waals surface area contributed by atoms with Gasteiger partial charge in [0.1, 0.15) is 17.7 Å². The van der Waals surface area contributed by atoms with E-state index >= 15 is 0 Å². The number of rotatable bonds is 13. The van der Waals surface area contributed by atoms with Gasteiger partial charge in [0.15, 0.2) is 5.65 Å². The van der Waals surface area contributed by atoms with Crippen molar-refractivity contribution >= 4 is 45.9 Å². The number of nitrogens with zero attached hydrogens (tertiary/aromatic N) is 4. The summed E-state index contributed by atoms with van der Waals surface area (Å²) in [5.41, 5.74) is 5.07. The Morgan fingerprint density at radius 1 is 0.864 bits per heavy atom. The van der Waals surface area contributed by atoms with Gasteiger partial charge in [0.25, 0.3) is 0 Å². The number of carbonyl (C=O) groups excluding carboxylic acids is 4. The van der Waals surface area contributed by atoms with E-state index in [2.05, 4.69) is 66.0 Å². The van der Waals surface area contributed by atoms with Crippen LogP contribution in [0.25, 0.3) is 44.5 Å². The molecule has 0 spiro atoms. The highest BCUT2D eigenvalue weighted by Crippen LogP contribution is 2.33. The Morgan fingerprint density at radius 3 is 2.31 bits per heavy atom. The fourth-order valence-electron chi connectivity index (χ4n) is 7.25. The molecule has 4 amide bonds. The predicted octanol–water partition coefficient (Wildman–Crippen LogP) is 6.19. The summed E-state index contributed by atoms with van der Waals surface area (Å²) in [7, 11) is 2.53. The van der Waals surface area contributed by atoms with Gasteiger partial charge in [0.2, 0.25) is 11.8 Å². The Hall–Kier alpha value is -6.03. The number of fused-ring (bicyclic) bond motifs is 2. The third-order valence-corrected chi connectivity index (χ3v) is 10.5. The second-order valence-corrected chi connectivity index (χ2v) is 15.1. The number of alkyl carbamates (subject to hydrolysis) is 2. The van der Waals surface area contributed by atoms with Crippen molar-refractivity contribution in [1.29, 1.82) is 0 Å². The Bertz CT molecular complexity index is 2200. The first-order chi connectivity index (χ1) is 28.6. The molecule has 7 rings (SSSR count). The number of hydrogen-bond donors (Lipinski definition) is 5. The summed E-state index contributed by atoms with van der Waals surface area (Å²) in [6.45, 7) is 6.76. The van der Waals surface area contributed by atoms with Gasteiger partial charge in [0.05, 0.1) is 49.9 Å². The molecule has 0 radical (unpaired) electrons. The highest BCUT2D eigenvalue weighted by Gasteiger charge is 2.37. The first-order valence-electron chi connectivity index (χ1n) is 20.4. The molecule has 16 nitrogen and oxygen atoms in total. The number of amides is 4. The van der Waals surface area contributed by atoms with Crippen molar-refractivity contribution in [1.82, 2.24) is 45.8 Å². The van der Waals surface area contributed by atoms with Crippen LogP contribution in [-0.2, 0) is 30.2 Å². The molecule has 314 valence electrons. The molecule has 3 aromatic heterocycles. The van der Waals surface area contributed by atoms with Crippen molar-refractivity contribution in [2.75, 3.05) is 47.1 Å². The summed E-state index contributed by atoms with van der Waals surface area (Å²) in [5, 5.41) is 9.96. The quantitative estimate of drug-likeness (QED) is 0.0853. The highest BCUT2D eigenvalue weighted by molar-refractivity contribution is 5.91. The number of hydrogen-bond acceptors (Lipinski definition) is 10. The predicted molar refractivity (Wildman–Crippen MR) is 223 cm³/mol. The maximum absolute atomic E-state index is 13.6. The van der Waals surface area contributed by atoms with Crippen LogP contribution in [0.1, 0.15) is 76.5 Å². The molecule has 2 aliphatic rings. The van der Waals surface area contributed by atoms with E-state index in [-0.39, 0.29) is 30.3 Å². The zero-order chi connectivity index (χ0) is 41.7. The molecule has 2 atom stereocenters. The fraction of sp³-hybridized carbons (Fsp3) is 0.465. The molecule has 16 heteroatoms. The summed E-state index contributed by atoms with van der Waals surface area (Å²) in [6, 6.07) is 15.5. The Morgan fingerprint density at radius 2 is 1.61 bits per heavy atom. The minimum atomic E-state index is -0.701. The number of aromatic amines is 2. The van der Waals surface area contributed by atoms with Gasteiger partial charge in [-0.05, 0) is 85.9 Å². The lowest BCUT2D eigenvalue weighted by molar-refractivity contribution is -0.135. The Balaban J connectivity index is 0.000000894. The van der Waals surface area contributed by atoms with Gasteiger partial charge < -0.3 is 45.0 Å². The molecular weight excluding hydrogens is 755 g/mol. The van der Waals surface area contributed by atoms with Gasteiger partial charge in [-0.15, -0.1) is 0 Å². The zero-order valence-electron chi connectivity index (χ0n) is 34.3. The lowest BCUT2D eigenvalue weighted by Gasteiger charge is -2.29. The fourth-order valence-corrected chi connectivity index (χ4v) is 7.25. The summed E-state index contributed by atoms with van der Waals surface area (Å²) < 4.78 is 14.3. The molecule has 2 aromatic carbocycles. The van der Waals surface area contributed by atoms with E-state index in [1.165, 1.54) is 33.5 Å². The van der Waals surface area contributed by atoms with Crippen molar-refractivity contribution in [3.05, 3.63) is 66.4 Å². The van der Waals surface area contributed by atoms with E-state index in [1.54, 1.807) is 4.90 Å². The smallest absolute Gasteiger partial charge is 0.407 e. The molecule has 59 heavy (non-hydrogen) atoms. The van der Waals surface area contributed by atoms with E-state index in [0.29, 0.717) is 24.6 Å². The zero-order valence-corrected chi connectivity index (χ0v) is 34.3. The molecule has 5 aromatic rings.